The Labute approximate surface area is 110 Å². The molecule has 102 valence electrons. The molecule has 1 fully saturated rings. The molecule has 1 aromatic heterocycles. The predicted octanol–water partition coefficient (Wildman–Crippen LogP) is 2.67. The standard InChI is InChI=1S/C14H26N4/c1-4-5-8-15-14-16-12(2)11-18(14)13-6-9-17(3)10-7-13/h11,13H,4-10H2,1-3H3,(H,15,16). The van der Waals surface area contributed by atoms with Crippen LogP contribution < -0.4 is 5.32 Å². The summed E-state index contributed by atoms with van der Waals surface area (Å²) in [5, 5.41) is 3.48. The van der Waals surface area contributed by atoms with Crippen molar-refractivity contribution in [1.82, 2.24) is 14.5 Å². The first kappa shape index (κ1) is 13.4. The van der Waals surface area contributed by atoms with Crippen LogP contribution in [0, 0.1) is 6.92 Å². The van der Waals surface area contributed by atoms with Gasteiger partial charge in [-0.3, -0.25) is 0 Å². The van der Waals surface area contributed by atoms with Gasteiger partial charge in [-0.05, 0) is 46.3 Å². The number of unbranched alkanes of at least 4 members (excludes halogenated alkanes) is 1. The number of nitrogens with one attached hydrogen (secondary N) is 1. The van der Waals surface area contributed by atoms with E-state index in [1.54, 1.807) is 0 Å². The van der Waals surface area contributed by atoms with E-state index in [4.69, 9.17) is 0 Å². The van der Waals surface area contributed by atoms with Crippen LogP contribution in [0.5, 0.6) is 0 Å². The van der Waals surface area contributed by atoms with Gasteiger partial charge >= 0.3 is 0 Å². The molecule has 0 saturated carbocycles. The molecule has 2 rings (SSSR count). The SMILES string of the molecule is CCCCNc1nc(C)cn1C1CCN(C)CC1. The maximum absolute atomic E-state index is 4.61. The van der Waals surface area contributed by atoms with Gasteiger partial charge in [0.2, 0.25) is 5.95 Å². The Morgan fingerprint density at radius 3 is 2.78 bits per heavy atom. The Balaban J connectivity index is 2.02. The zero-order chi connectivity index (χ0) is 13.0. The van der Waals surface area contributed by atoms with Gasteiger partial charge in [0, 0.05) is 18.8 Å². The zero-order valence-corrected chi connectivity index (χ0v) is 11.9. The van der Waals surface area contributed by atoms with E-state index in [2.05, 4.69) is 46.9 Å². The highest BCUT2D eigenvalue weighted by Gasteiger charge is 2.20. The highest BCUT2D eigenvalue weighted by Crippen LogP contribution is 2.25. The van der Waals surface area contributed by atoms with Crippen molar-refractivity contribution in [3.05, 3.63) is 11.9 Å². The number of aryl methyl sites for hydroxylation is 1. The van der Waals surface area contributed by atoms with Crippen molar-refractivity contribution >= 4 is 5.95 Å². The number of hydrogen-bond acceptors (Lipinski definition) is 3. The van der Waals surface area contributed by atoms with E-state index in [9.17, 15) is 0 Å². The fraction of sp³-hybridized carbons (Fsp3) is 0.786. The minimum absolute atomic E-state index is 0.617. The van der Waals surface area contributed by atoms with Crippen LogP contribution in [0.15, 0.2) is 6.20 Å². The number of piperidine rings is 1. The van der Waals surface area contributed by atoms with Gasteiger partial charge < -0.3 is 14.8 Å². The predicted molar refractivity (Wildman–Crippen MR) is 76.1 cm³/mol. The van der Waals surface area contributed by atoms with Crippen LogP contribution in [0.25, 0.3) is 0 Å². The molecular formula is C14H26N4. The Kier molecular flexibility index (Phi) is 4.64. The lowest BCUT2D eigenvalue weighted by molar-refractivity contribution is 0.222. The van der Waals surface area contributed by atoms with Gasteiger partial charge in [0.15, 0.2) is 0 Å². The molecule has 1 aliphatic heterocycles. The Morgan fingerprint density at radius 2 is 2.11 bits per heavy atom. The Morgan fingerprint density at radius 1 is 1.39 bits per heavy atom. The number of anilines is 1. The van der Waals surface area contributed by atoms with Crippen molar-refractivity contribution in [2.24, 2.45) is 0 Å². The topological polar surface area (TPSA) is 33.1 Å². The third-order valence-electron chi connectivity index (χ3n) is 3.75. The van der Waals surface area contributed by atoms with E-state index < -0.39 is 0 Å². The van der Waals surface area contributed by atoms with Crippen molar-refractivity contribution in [2.45, 2.75) is 45.6 Å². The lowest BCUT2D eigenvalue weighted by atomic mass is 10.1. The summed E-state index contributed by atoms with van der Waals surface area (Å²) in [6.07, 6.45) is 7.09. The molecule has 4 nitrogen and oxygen atoms in total. The highest BCUT2D eigenvalue weighted by molar-refractivity contribution is 5.29. The third-order valence-corrected chi connectivity index (χ3v) is 3.75. The minimum atomic E-state index is 0.617. The second-order valence-corrected chi connectivity index (χ2v) is 5.43. The summed E-state index contributed by atoms with van der Waals surface area (Å²) >= 11 is 0. The number of likely N-dealkylation sites (tertiary alicyclic amines) is 1. The molecule has 1 aliphatic rings. The van der Waals surface area contributed by atoms with Crippen molar-refractivity contribution in [3.63, 3.8) is 0 Å². The maximum atomic E-state index is 4.61. The van der Waals surface area contributed by atoms with E-state index in [1.807, 2.05) is 0 Å². The average Bonchev–Trinajstić information content (AvgIpc) is 2.72. The van der Waals surface area contributed by atoms with Crippen molar-refractivity contribution in [2.75, 3.05) is 32.0 Å². The van der Waals surface area contributed by atoms with E-state index in [-0.39, 0.29) is 0 Å². The van der Waals surface area contributed by atoms with E-state index in [0.29, 0.717) is 6.04 Å². The summed E-state index contributed by atoms with van der Waals surface area (Å²) in [7, 11) is 2.20. The molecule has 18 heavy (non-hydrogen) atoms. The quantitative estimate of drug-likeness (QED) is 0.816. The van der Waals surface area contributed by atoms with Crippen LogP contribution in [-0.4, -0.2) is 41.1 Å². The molecule has 0 amide bonds. The van der Waals surface area contributed by atoms with E-state index in [0.717, 1.165) is 18.2 Å². The second kappa shape index (κ2) is 6.23. The van der Waals surface area contributed by atoms with Gasteiger partial charge in [-0.25, -0.2) is 4.98 Å². The van der Waals surface area contributed by atoms with Crippen LogP contribution in [0.3, 0.4) is 0 Å². The van der Waals surface area contributed by atoms with Crippen LogP contribution in [0.2, 0.25) is 0 Å². The normalized spacial score (nSPS) is 18.2. The molecule has 0 unspecified atom stereocenters. The van der Waals surface area contributed by atoms with Gasteiger partial charge in [0.05, 0.1) is 5.69 Å². The first-order valence-corrected chi connectivity index (χ1v) is 7.18. The summed E-state index contributed by atoms with van der Waals surface area (Å²) in [5.74, 6) is 1.07. The van der Waals surface area contributed by atoms with E-state index >= 15 is 0 Å². The summed E-state index contributed by atoms with van der Waals surface area (Å²) < 4.78 is 2.36. The molecule has 0 radical (unpaired) electrons. The summed E-state index contributed by atoms with van der Waals surface area (Å²) in [6, 6.07) is 0.617. The molecule has 0 spiro atoms. The van der Waals surface area contributed by atoms with E-state index in [1.165, 1.54) is 38.8 Å². The van der Waals surface area contributed by atoms with Gasteiger partial charge in [-0.15, -0.1) is 0 Å². The number of rotatable bonds is 5. The number of aromatic nitrogens is 2. The van der Waals surface area contributed by atoms with Crippen molar-refractivity contribution in [3.8, 4) is 0 Å². The maximum Gasteiger partial charge on any atom is 0.203 e. The average molecular weight is 250 g/mol. The first-order chi connectivity index (χ1) is 8.70. The Hall–Kier alpha value is -1.03. The van der Waals surface area contributed by atoms with Crippen LogP contribution >= 0.6 is 0 Å². The molecule has 1 N–H and O–H groups in total. The fourth-order valence-electron chi connectivity index (χ4n) is 2.58. The molecule has 1 saturated heterocycles. The molecule has 1 aromatic rings. The molecule has 0 bridgehead atoms. The highest BCUT2D eigenvalue weighted by atomic mass is 15.2. The monoisotopic (exact) mass is 250 g/mol. The fourth-order valence-corrected chi connectivity index (χ4v) is 2.58. The van der Waals surface area contributed by atoms with Crippen LogP contribution in [0.1, 0.15) is 44.3 Å². The summed E-state index contributed by atoms with van der Waals surface area (Å²) in [5.41, 5.74) is 1.12. The number of hydrogen-bond donors (Lipinski definition) is 1. The lowest BCUT2D eigenvalue weighted by Crippen LogP contribution is -2.31. The molecule has 0 atom stereocenters. The number of imidazole rings is 1. The van der Waals surface area contributed by atoms with Gasteiger partial charge in [0.25, 0.3) is 0 Å². The summed E-state index contributed by atoms with van der Waals surface area (Å²) in [6.45, 7) is 7.71. The van der Waals surface area contributed by atoms with Gasteiger partial charge in [-0.2, -0.15) is 0 Å². The van der Waals surface area contributed by atoms with Crippen LogP contribution in [-0.2, 0) is 0 Å². The molecule has 0 aromatic carbocycles. The Bertz CT molecular complexity index is 364. The molecule has 0 aliphatic carbocycles. The van der Waals surface area contributed by atoms with Gasteiger partial charge in [-0.1, -0.05) is 13.3 Å². The number of nitrogens with zero attached hydrogens (tertiary/aromatic N) is 3. The first-order valence-electron chi connectivity index (χ1n) is 7.18. The lowest BCUT2D eigenvalue weighted by Gasteiger charge is -2.30. The van der Waals surface area contributed by atoms with Gasteiger partial charge in [0.1, 0.15) is 0 Å². The largest absolute Gasteiger partial charge is 0.356 e. The van der Waals surface area contributed by atoms with Crippen LogP contribution in [0.4, 0.5) is 5.95 Å². The zero-order valence-electron chi connectivity index (χ0n) is 11.9. The summed E-state index contributed by atoms with van der Waals surface area (Å²) in [4.78, 5) is 7.02. The minimum Gasteiger partial charge on any atom is -0.356 e. The third kappa shape index (κ3) is 3.25. The second-order valence-electron chi connectivity index (χ2n) is 5.43. The molecule has 2 heterocycles. The molecular weight excluding hydrogens is 224 g/mol. The van der Waals surface area contributed by atoms with Crippen molar-refractivity contribution in [1.29, 1.82) is 0 Å². The van der Waals surface area contributed by atoms with Crippen molar-refractivity contribution < 1.29 is 0 Å². The molecule has 4 heteroatoms. The smallest absolute Gasteiger partial charge is 0.203 e.